The van der Waals surface area contributed by atoms with Gasteiger partial charge in [-0.3, -0.25) is 29.3 Å². The number of nitro groups is 1. The molecular formula is C22H25NO12. The Labute approximate surface area is 200 Å². The summed E-state index contributed by atoms with van der Waals surface area (Å²) in [5.41, 5.74) is 0.510. The van der Waals surface area contributed by atoms with Gasteiger partial charge in [-0.25, -0.2) is 0 Å². The number of rotatable bonds is 9. The molecule has 1 aromatic rings. The molecule has 0 bridgehead atoms. The van der Waals surface area contributed by atoms with Crippen LogP contribution >= 0.6 is 0 Å². The Morgan fingerprint density at radius 3 is 1.94 bits per heavy atom. The highest BCUT2D eigenvalue weighted by Gasteiger charge is 2.53. The lowest BCUT2D eigenvalue weighted by Gasteiger charge is -2.43. The first-order valence-corrected chi connectivity index (χ1v) is 10.3. The van der Waals surface area contributed by atoms with Crippen molar-refractivity contribution in [2.45, 2.75) is 58.4 Å². The topological polar surface area (TPSA) is 167 Å². The van der Waals surface area contributed by atoms with Gasteiger partial charge in [0.2, 0.25) is 18.6 Å². The van der Waals surface area contributed by atoms with E-state index in [4.69, 9.17) is 28.4 Å². The number of esters is 4. The molecule has 13 nitrogen and oxygen atoms in total. The summed E-state index contributed by atoms with van der Waals surface area (Å²) in [5.74, 6) is -2.70. The molecule has 1 heterocycles. The van der Waals surface area contributed by atoms with Gasteiger partial charge in [-0.2, -0.15) is 0 Å². The van der Waals surface area contributed by atoms with Crippen LogP contribution in [-0.2, 0) is 42.9 Å². The van der Waals surface area contributed by atoms with Gasteiger partial charge in [-0.1, -0.05) is 12.1 Å². The predicted octanol–water partition coefficient (Wildman–Crippen LogP) is 1.40. The molecule has 0 radical (unpaired) electrons. The van der Waals surface area contributed by atoms with Gasteiger partial charge in [0, 0.05) is 33.8 Å². The lowest BCUT2D eigenvalue weighted by Crippen LogP contribution is -2.63. The molecule has 1 aliphatic rings. The minimum Gasteiger partial charge on any atom is -0.463 e. The Morgan fingerprint density at radius 1 is 0.886 bits per heavy atom. The van der Waals surface area contributed by atoms with E-state index < -0.39 is 59.5 Å². The third kappa shape index (κ3) is 8.70. The highest BCUT2D eigenvalue weighted by Crippen LogP contribution is 2.31. The molecule has 0 unspecified atom stereocenters. The van der Waals surface area contributed by atoms with Gasteiger partial charge in [-0.15, -0.1) is 0 Å². The Hall–Kier alpha value is -4.00. The van der Waals surface area contributed by atoms with E-state index in [-0.39, 0.29) is 12.4 Å². The first-order valence-electron chi connectivity index (χ1n) is 10.3. The average Bonchev–Trinajstić information content (AvgIpc) is 2.75. The van der Waals surface area contributed by atoms with Gasteiger partial charge >= 0.3 is 23.9 Å². The molecule has 0 N–H and O–H groups in total. The standard InChI is InChI=1S/C22H25NO12/c1-12(24)30-11-18-19(31-13(2)25)20(32-14(3)26)21(33-15(4)27)22(35-18)34-17-7-5-16(6-8-17)9-10-23(28)29/h5-10,18-22H,11H2,1-4H3/b10-9+/t18-,19-,20+,21+,22+/m1/s1. The second-order valence-electron chi connectivity index (χ2n) is 7.36. The molecule has 190 valence electrons. The summed E-state index contributed by atoms with van der Waals surface area (Å²) in [6.07, 6.45) is -4.50. The van der Waals surface area contributed by atoms with Crippen LogP contribution in [0.15, 0.2) is 30.5 Å². The van der Waals surface area contributed by atoms with E-state index in [2.05, 4.69) is 0 Å². The zero-order valence-electron chi connectivity index (χ0n) is 19.4. The molecule has 2 rings (SSSR count). The third-order valence-electron chi connectivity index (χ3n) is 4.47. The number of nitrogens with zero attached hydrogens (tertiary/aromatic N) is 1. The predicted molar refractivity (Wildman–Crippen MR) is 115 cm³/mol. The van der Waals surface area contributed by atoms with Crippen molar-refractivity contribution in [1.82, 2.24) is 0 Å². The van der Waals surface area contributed by atoms with Gasteiger partial charge in [0.15, 0.2) is 12.2 Å². The van der Waals surface area contributed by atoms with Crippen LogP contribution in [0, 0.1) is 10.1 Å². The van der Waals surface area contributed by atoms with Crippen molar-refractivity contribution in [2.24, 2.45) is 0 Å². The normalized spacial score (nSPS) is 23.7. The molecule has 0 spiro atoms. The second-order valence-corrected chi connectivity index (χ2v) is 7.36. The van der Waals surface area contributed by atoms with Crippen molar-refractivity contribution in [3.63, 3.8) is 0 Å². The van der Waals surface area contributed by atoms with Gasteiger partial charge in [0.1, 0.15) is 18.5 Å². The average molecular weight is 495 g/mol. The summed E-state index contributed by atoms with van der Waals surface area (Å²) in [6.45, 7) is 4.12. The van der Waals surface area contributed by atoms with E-state index in [1.807, 2.05) is 0 Å². The van der Waals surface area contributed by atoms with Crippen LogP contribution < -0.4 is 4.74 Å². The fourth-order valence-corrected chi connectivity index (χ4v) is 3.22. The highest BCUT2D eigenvalue weighted by atomic mass is 16.7. The van der Waals surface area contributed by atoms with Crippen LogP contribution in [0.5, 0.6) is 5.75 Å². The zero-order valence-corrected chi connectivity index (χ0v) is 19.4. The summed E-state index contributed by atoms with van der Waals surface area (Å²) in [5, 5.41) is 10.5. The van der Waals surface area contributed by atoms with Crippen molar-refractivity contribution in [3.05, 3.63) is 46.1 Å². The molecule has 13 heteroatoms. The number of hydrogen-bond donors (Lipinski definition) is 0. The fourth-order valence-electron chi connectivity index (χ4n) is 3.22. The minimum atomic E-state index is -1.38. The molecule has 0 amide bonds. The van der Waals surface area contributed by atoms with Crippen LogP contribution in [0.2, 0.25) is 0 Å². The maximum atomic E-state index is 11.8. The van der Waals surface area contributed by atoms with E-state index in [0.29, 0.717) is 5.56 Å². The van der Waals surface area contributed by atoms with Crippen LogP contribution in [0.3, 0.4) is 0 Å². The lowest BCUT2D eigenvalue weighted by molar-refractivity contribution is -0.400. The summed E-state index contributed by atoms with van der Waals surface area (Å²) in [7, 11) is 0. The summed E-state index contributed by atoms with van der Waals surface area (Å²) < 4.78 is 32.6. The Balaban J connectivity index is 2.40. The van der Waals surface area contributed by atoms with Crippen molar-refractivity contribution in [3.8, 4) is 5.75 Å². The van der Waals surface area contributed by atoms with Gasteiger partial charge in [-0.05, 0) is 17.7 Å². The first-order chi connectivity index (χ1) is 16.5. The molecule has 35 heavy (non-hydrogen) atoms. The SMILES string of the molecule is CC(=O)OC[C@H]1O[C@H](Oc2ccc(/C=C/[N+](=O)[O-])cc2)[C@@H](OC(C)=O)[C@@H](OC(C)=O)[C@@H]1OC(C)=O. The quantitative estimate of drug-likeness (QED) is 0.209. The molecule has 1 aliphatic heterocycles. The van der Waals surface area contributed by atoms with Crippen molar-refractivity contribution in [2.75, 3.05) is 6.61 Å². The van der Waals surface area contributed by atoms with E-state index in [9.17, 15) is 29.3 Å². The van der Waals surface area contributed by atoms with Crippen LogP contribution in [0.25, 0.3) is 6.08 Å². The number of carbonyl (C=O) groups is 4. The van der Waals surface area contributed by atoms with Crippen LogP contribution in [-0.4, -0.2) is 66.1 Å². The third-order valence-corrected chi connectivity index (χ3v) is 4.47. The molecule has 1 saturated heterocycles. The van der Waals surface area contributed by atoms with E-state index in [1.165, 1.54) is 30.3 Å². The first kappa shape index (κ1) is 27.2. The largest absolute Gasteiger partial charge is 0.463 e. The molecule has 5 atom stereocenters. The highest BCUT2D eigenvalue weighted by molar-refractivity contribution is 5.68. The van der Waals surface area contributed by atoms with Gasteiger partial charge in [0.25, 0.3) is 0 Å². The Bertz CT molecular complexity index is 973. The van der Waals surface area contributed by atoms with E-state index in [0.717, 1.165) is 33.9 Å². The lowest BCUT2D eigenvalue weighted by atomic mass is 9.98. The van der Waals surface area contributed by atoms with Crippen molar-refractivity contribution < 1.29 is 52.5 Å². The molecule has 1 fully saturated rings. The number of benzene rings is 1. The molecule has 1 aromatic carbocycles. The fraction of sp³-hybridized carbons (Fsp3) is 0.455. The molecular weight excluding hydrogens is 470 g/mol. The van der Waals surface area contributed by atoms with E-state index in [1.54, 1.807) is 0 Å². The number of ether oxygens (including phenoxy) is 6. The minimum absolute atomic E-state index is 0.212. The molecule has 0 aromatic heterocycles. The van der Waals surface area contributed by atoms with E-state index >= 15 is 0 Å². The summed E-state index contributed by atoms with van der Waals surface area (Å²) in [4.78, 5) is 56.6. The van der Waals surface area contributed by atoms with Crippen LogP contribution in [0.4, 0.5) is 0 Å². The Morgan fingerprint density at radius 2 is 1.43 bits per heavy atom. The maximum absolute atomic E-state index is 11.8. The maximum Gasteiger partial charge on any atom is 0.303 e. The zero-order chi connectivity index (χ0) is 26.1. The van der Waals surface area contributed by atoms with Gasteiger partial charge < -0.3 is 28.4 Å². The Kier molecular flexibility index (Phi) is 9.70. The summed E-state index contributed by atoms with van der Waals surface area (Å²) >= 11 is 0. The van der Waals surface area contributed by atoms with Gasteiger partial charge in [0.05, 0.1) is 4.92 Å². The number of carbonyl (C=O) groups excluding carboxylic acids is 4. The van der Waals surface area contributed by atoms with Crippen LogP contribution in [0.1, 0.15) is 33.3 Å². The smallest absolute Gasteiger partial charge is 0.303 e. The monoisotopic (exact) mass is 495 g/mol. The van der Waals surface area contributed by atoms with Crippen molar-refractivity contribution >= 4 is 30.0 Å². The summed E-state index contributed by atoms with van der Waals surface area (Å²) in [6, 6.07) is 6.02. The number of hydrogen-bond acceptors (Lipinski definition) is 12. The van der Waals surface area contributed by atoms with Crippen molar-refractivity contribution in [1.29, 1.82) is 0 Å². The molecule has 0 saturated carbocycles. The molecule has 0 aliphatic carbocycles. The second kappa shape index (κ2) is 12.5.